The van der Waals surface area contributed by atoms with Crippen molar-refractivity contribution in [2.24, 2.45) is 23.2 Å². The van der Waals surface area contributed by atoms with Crippen LogP contribution in [0.5, 0.6) is 0 Å². The molecule has 1 atom stereocenters. The van der Waals surface area contributed by atoms with E-state index >= 15 is 0 Å². The van der Waals surface area contributed by atoms with Crippen LogP contribution in [0.3, 0.4) is 0 Å². The molecular weight excluding hydrogens is 244 g/mol. The highest BCUT2D eigenvalue weighted by Gasteiger charge is 2.45. The molecule has 1 aliphatic carbocycles. The van der Waals surface area contributed by atoms with E-state index in [4.69, 9.17) is 5.11 Å². The summed E-state index contributed by atoms with van der Waals surface area (Å²) in [7, 11) is 0. The van der Waals surface area contributed by atoms with E-state index < -0.39 is 11.9 Å². The van der Waals surface area contributed by atoms with Crippen molar-refractivity contribution in [2.75, 3.05) is 13.1 Å². The molecule has 0 bridgehead atoms. The third kappa shape index (κ3) is 4.40. The highest BCUT2D eigenvalue weighted by atomic mass is 16.4. The smallest absolute Gasteiger partial charge is 0.314 e. The number of carboxylic acids is 1. The van der Waals surface area contributed by atoms with Crippen molar-refractivity contribution in [3.8, 4) is 0 Å². The van der Waals surface area contributed by atoms with E-state index in [-0.39, 0.29) is 23.9 Å². The van der Waals surface area contributed by atoms with Crippen molar-refractivity contribution in [3.05, 3.63) is 0 Å². The van der Waals surface area contributed by atoms with Crippen LogP contribution in [0.1, 0.15) is 40.5 Å². The summed E-state index contributed by atoms with van der Waals surface area (Å²) in [5.41, 5.74) is 0.265. The number of carbonyl (C=O) groups excluding carboxylic acids is 1. The third-order valence-electron chi connectivity index (χ3n) is 4.32. The Morgan fingerprint density at radius 2 is 1.74 bits per heavy atom. The second-order valence-electron chi connectivity index (χ2n) is 6.27. The van der Waals surface area contributed by atoms with Crippen LogP contribution >= 0.6 is 0 Å². The summed E-state index contributed by atoms with van der Waals surface area (Å²) in [4.78, 5) is 22.7. The van der Waals surface area contributed by atoms with E-state index in [0.717, 1.165) is 12.8 Å². The van der Waals surface area contributed by atoms with Gasteiger partial charge in [-0.15, -0.1) is 0 Å². The maximum Gasteiger partial charge on any atom is 0.314 e. The number of aliphatic carboxylic acids is 1. The van der Waals surface area contributed by atoms with Crippen LogP contribution in [-0.4, -0.2) is 30.2 Å². The van der Waals surface area contributed by atoms with Gasteiger partial charge in [0.15, 0.2) is 0 Å². The summed E-state index contributed by atoms with van der Waals surface area (Å²) in [6.45, 7) is 8.88. The molecule has 0 heterocycles. The minimum absolute atomic E-state index is 0.00300. The van der Waals surface area contributed by atoms with Crippen LogP contribution in [0.25, 0.3) is 0 Å². The first-order chi connectivity index (χ1) is 8.78. The molecule has 0 aliphatic heterocycles. The number of hydrogen-bond acceptors (Lipinski definition) is 2. The molecule has 19 heavy (non-hydrogen) atoms. The van der Waals surface area contributed by atoms with Crippen molar-refractivity contribution in [1.29, 1.82) is 0 Å². The molecule has 1 saturated carbocycles. The fraction of sp³-hybridized carbons (Fsp3) is 0.857. The molecule has 1 aliphatic rings. The SMILES string of the molecule is CC(C)C(CNC(=O)NCC1(C(C)C)CC1)C(=O)O. The van der Waals surface area contributed by atoms with Crippen LogP contribution in [0, 0.1) is 23.2 Å². The molecule has 0 aromatic rings. The summed E-state index contributed by atoms with van der Waals surface area (Å²) < 4.78 is 0. The highest BCUT2D eigenvalue weighted by Crippen LogP contribution is 2.51. The second-order valence-corrected chi connectivity index (χ2v) is 6.27. The Balaban J connectivity index is 2.30. The summed E-state index contributed by atoms with van der Waals surface area (Å²) >= 11 is 0. The van der Waals surface area contributed by atoms with Crippen molar-refractivity contribution in [1.82, 2.24) is 10.6 Å². The van der Waals surface area contributed by atoms with Crippen molar-refractivity contribution in [2.45, 2.75) is 40.5 Å². The summed E-state index contributed by atoms with van der Waals surface area (Å²) in [5, 5.41) is 14.5. The minimum atomic E-state index is -0.865. The molecule has 110 valence electrons. The lowest BCUT2D eigenvalue weighted by Crippen LogP contribution is -2.43. The first-order valence-corrected chi connectivity index (χ1v) is 7.03. The summed E-state index contributed by atoms with van der Waals surface area (Å²) in [5.74, 6) is -0.833. The Kier molecular flexibility index (Phi) is 5.20. The molecule has 0 aromatic heterocycles. The summed E-state index contributed by atoms with van der Waals surface area (Å²) in [6, 6.07) is -0.265. The fourth-order valence-electron chi connectivity index (χ4n) is 2.25. The lowest BCUT2D eigenvalue weighted by Gasteiger charge is -2.21. The normalized spacial score (nSPS) is 18.2. The van der Waals surface area contributed by atoms with Gasteiger partial charge in [-0.05, 0) is 30.1 Å². The zero-order chi connectivity index (χ0) is 14.6. The van der Waals surface area contributed by atoms with E-state index in [1.54, 1.807) is 0 Å². The van der Waals surface area contributed by atoms with Crippen LogP contribution in [0.2, 0.25) is 0 Å². The Bertz CT molecular complexity index is 336. The van der Waals surface area contributed by atoms with E-state index in [1.807, 2.05) is 13.8 Å². The molecular formula is C14H26N2O3. The van der Waals surface area contributed by atoms with Crippen LogP contribution < -0.4 is 10.6 Å². The van der Waals surface area contributed by atoms with Gasteiger partial charge < -0.3 is 15.7 Å². The van der Waals surface area contributed by atoms with E-state index in [9.17, 15) is 9.59 Å². The lowest BCUT2D eigenvalue weighted by atomic mass is 9.92. The lowest BCUT2D eigenvalue weighted by molar-refractivity contribution is -0.142. The Morgan fingerprint density at radius 3 is 2.11 bits per heavy atom. The standard InChI is InChI=1S/C14H26N2O3/c1-9(2)11(12(17)18)7-15-13(19)16-8-14(5-6-14)10(3)4/h9-11H,5-8H2,1-4H3,(H,17,18)(H2,15,16,19). The van der Waals surface area contributed by atoms with Gasteiger partial charge in [-0.2, -0.15) is 0 Å². The molecule has 2 amide bonds. The van der Waals surface area contributed by atoms with Crippen LogP contribution in [-0.2, 0) is 4.79 Å². The quantitative estimate of drug-likeness (QED) is 0.662. The molecule has 0 radical (unpaired) electrons. The van der Waals surface area contributed by atoms with E-state index in [2.05, 4.69) is 24.5 Å². The monoisotopic (exact) mass is 270 g/mol. The van der Waals surface area contributed by atoms with Gasteiger partial charge in [0.2, 0.25) is 0 Å². The Labute approximate surface area is 115 Å². The predicted octanol–water partition coefficient (Wildman–Crippen LogP) is 2.08. The van der Waals surface area contributed by atoms with Gasteiger partial charge in [0.1, 0.15) is 0 Å². The van der Waals surface area contributed by atoms with Crippen molar-refractivity contribution < 1.29 is 14.7 Å². The molecule has 3 N–H and O–H groups in total. The van der Waals surface area contributed by atoms with Gasteiger partial charge in [-0.3, -0.25) is 4.79 Å². The topological polar surface area (TPSA) is 78.4 Å². The zero-order valence-corrected chi connectivity index (χ0v) is 12.3. The molecule has 0 aromatic carbocycles. The molecule has 5 nitrogen and oxygen atoms in total. The van der Waals surface area contributed by atoms with E-state index in [0.29, 0.717) is 12.5 Å². The maximum atomic E-state index is 11.7. The molecule has 1 rings (SSSR count). The second kappa shape index (κ2) is 6.26. The number of hydrogen-bond donors (Lipinski definition) is 3. The van der Waals surface area contributed by atoms with Gasteiger partial charge >= 0.3 is 12.0 Å². The van der Waals surface area contributed by atoms with Crippen LogP contribution in [0.15, 0.2) is 0 Å². The Hall–Kier alpha value is -1.26. The first-order valence-electron chi connectivity index (χ1n) is 7.03. The number of carboxylic acid groups (broad SMARTS) is 1. The van der Waals surface area contributed by atoms with Crippen molar-refractivity contribution >= 4 is 12.0 Å². The molecule has 5 heteroatoms. The minimum Gasteiger partial charge on any atom is -0.481 e. The van der Waals surface area contributed by atoms with Gasteiger partial charge in [-0.25, -0.2) is 4.79 Å². The number of urea groups is 1. The van der Waals surface area contributed by atoms with Gasteiger partial charge in [0, 0.05) is 13.1 Å². The molecule has 0 spiro atoms. The average Bonchev–Trinajstić information content (AvgIpc) is 3.06. The number of nitrogens with one attached hydrogen (secondary N) is 2. The number of amides is 2. The zero-order valence-electron chi connectivity index (χ0n) is 12.3. The first kappa shape index (κ1) is 15.8. The van der Waals surface area contributed by atoms with E-state index in [1.165, 1.54) is 0 Å². The maximum absolute atomic E-state index is 11.7. The fourth-order valence-corrected chi connectivity index (χ4v) is 2.25. The van der Waals surface area contributed by atoms with Crippen molar-refractivity contribution in [3.63, 3.8) is 0 Å². The average molecular weight is 270 g/mol. The number of rotatable bonds is 7. The molecule has 1 unspecified atom stereocenters. The largest absolute Gasteiger partial charge is 0.481 e. The Morgan fingerprint density at radius 1 is 1.16 bits per heavy atom. The predicted molar refractivity (Wildman–Crippen MR) is 73.9 cm³/mol. The highest BCUT2D eigenvalue weighted by molar-refractivity contribution is 5.76. The molecule has 1 fully saturated rings. The van der Waals surface area contributed by atoms with Gasteiger partial charge in [0.05, 0.1) is 5.92 Å². The summed E-state index contributed by atoms with van der Waals surface area (Å²) in [6.07, 6.45) is 2.32. The van der Waals surface area contributed by atoms with Gasteiger partial charge in [-0.1, -0.05) is 27.7 Å². The van der Waals surface area contributed by atoms with Gasteiger partial charge in [0.25, 0.3) is 0 Å². The van der Waals surface area contributed by atoms with Crippen LogP contribution in [0.4, 0.5) is 4.79 Å². The molecule has 0 saturated heterocycles. The third-order valence-corrected chi connectivity index (χ3v) is 4.32. The number of carbonyl (C=O) groups is 2.